The fraction of sp³-hybridized carbons (Fsp3) is 0.417. The minimum Gasteiger partial charge on any atom is -0.339 e. The first-order valence-corrected chi connectivity index (χ1v) is 5.71. The molecule has 0 amide bonds. The highest BCUT2D eigenvalue weighted by molar-refractivity contribution is 5.53. The van der Waals surface area contributed by atoms with E-state index in [1.807, 2.05) is 26.0 Å². The Kier molecular flexibility index (Phi) is 3.49. The van der Waals surface area contributed by atoms with Crippen LogP contribution in [0.25, 0.3) is 11.5 Å². The number of nitrogens with two attached hydrogens (primary N) is 1. The molecule has 0 aliphatic carbocycles. The molecule has 2 aromatic heterocycles. The maximum absolute atomic E-state index is 5.84. The lowest BCUT2D eigenvalue weighted by molar-refractivity contribution is 0.367. The van der Waals surface area contributed by atoms with Crippen LogP contribution in [0.5, 0.6) is 0 Å². The van der Waals surface area contributed by atoms with Gasteiger partial charge in [0.2, 0.25) is 11.7 Å². The van der Waals surface area contributed by atoms with Gasteiger partial charge in [-0.3, -0.25) is 4.98 Å². The Morgan fingerprint density at radius 1 is 1.47 bits per heavy atom. The van der Waals surface area contributed by atoms with E-state index in [2.05, 4.69) is 15.1 Å². The molecule has 1 unspecified atom stereocenters. The van der Waals surface area contributed by atoms with Gasteiger partial charge in [-0.2, -0.15) is 4.98 Å². The van der Waals surface area contributed by atoms with E-state index < -0.39 is 0 Å². The lowest BCUT2D eigenvalue weighted by Crippen LogP contribution is -2.21. The van der Waals surface area contributed by atoms with E-state index >= 15 is 0 Å². The zero-order chi connectivity index (χ0) is 12.3. The van der Waals surface area contributed by atoms with Gasteiger partial charge in [0.25, 0.3) is 0 Å². The molecule has 90 valence electrons. The predicted molar refractivity (Wildman–Crippen MR) is 64.2 cm³/mol. The molecule has 0 saturated heterocycles. The summed E-state index contributed by atoms with van der Waals surface area (Å²) in [6, 6.07) is 3.91. The first kappa shape index (κ1) is 11.7. The molecule has 2 aromatic rings. The Balaban J connectivity index is 2.21. The highest BCUT2D eigenvalue weighted by Crippen LogP contribution is 2.17. The van der Waals surface area contributed by atoms with Gasteiger partial charge in [0.1, 0.15) is 5.69 Å². The molecule has 5 heteroatoms. The van der Waals surface area contributed by atoms with E-state index in [9.17, 15) is 0 Å². The van der Waals surface area contributed by atoms with E-state index in [0.29, 0.717) is 18.1 Å². The molecule has 17 heavy (non-hydrogen) atoms. The lowest BCUT2D eigenvalue weighted by atomic mass is 10.2. The van der Waals surface area contributed by atoms with Crippen LogP contribution in [0.2, 0.25) is 0 Å². The quantitative estimate of drug-likeness (QED) is 0.868. The zero-order valence-corrected chi connectivity index (χ0v) is 10.1. The van der Waals surface area contributed by atoms with Crippen LogP contribution in [0.1, 0.15) is 24.8 Å². The highest BCUT2D eigenvalue weighted by Gasteiger charge is 2.13. The molecule has 5 nitrogen and oxygen atoms in total. The van der Waals surface area contributed by atoms with E-state index in [1.54, 1.807) is 6.20 Å². The SMILES string of the molecule is CCC(N)Cc1nc(-c2ncccc2C)no1. The molecule has 0 radical (unpaired) electrons. The molecule has 2 rings (SSSR count). The van der Waals surface area contributed by atoms with Crippen molar-refractivity contribution in [1.29, 1.82) is 0 Å². The van der Waals surface area contributed by atoms with Crippen LogP contribution in [0.4, 0.5) is 0 Å². The maximum atomic E-state index is 5.84. The van der Waals surface area contributed by atoms with Crippen molar-refractivity contribution < 1.29 is 4.52 Å². The fourth-order valence-electron chi connectivity index (χ4n) is 1.52. The van der Waals surface area contributed by atoms with Gasteiger partial charge in [0.05, 0.1) is 0 Å². The third-order valence-electron chi connectivity index (χ3n) is 2.65. The normalized spacial score (nSPS) is 12.6. The monoisotopic (exact) mass is 232 g/mol. The summed E-state index contributed by atoms with van der Waals surface area (Å²) < 4.78 is 5.17. The van der Waals surface area contributed by atoms with Crippen molar-refractivity contribution >= 4 is 0 Å². The summed E-state index contributed by atoms with van der Waals surface area (Å²) in [7, 11) is 0. The van der Waals surface area contributed by atoms with Crippen LogP contribution < -0.4 is 5.73 Å². The Labute approximate surface area is 100 Å². The van der Waals surface area contributed by atoms with Gasteiger partial charge < -0.3 is 10.3 Å². The fourth-order valence-corrected chi connectivity index (χ4v) is 1.52. The lowest BCUT2D eigenvalue weighted by Gasteiger charge is -2.02. The topological polar surface area (TPSA) is 77.8 Å². The summed E-state index contributed by atoms with van der Waals surface area (Å²) in [6.45, 7) is 4.00. The van der Waals surface area contributed by atoms with Crippen molar-refractivity contribution in [2.24, 2.45) is 5.73 Å². The second-order valence-electron chi connectivity index (χ2n) is 4.05. The van der Waals surface area contributed by atoms with Crippen molar-refractivity contribution in [1.82, 2.24) is 15.1 Å². The average Bonchev–Trinajstić information content (AvgIpc) is 2.78. The molecule has 2 N–H and O–H groups in total. The highest BCUT2D eigenvalue weighted by atomic mass is 16.5. The smallest absolute Gasteiger partial charge is 0.228 e. The second-order valence-corrected chi connectivity index (χ2v) is 4.05. The molecule has 0 spiro atoms. The number of aryl methyl sites for hydroxylation is 1. The van der Waals surface area contributed by atoms with Gasteiger partial charge in [-0.15, -0.1) is 0 Å². The second kappa shape index (κ2) is 5.05. The number of rotatable bonds is 4. The molecular formula is C12H16N4O. The van der Waals surface area contributed by atoms with Crippen molar-refractivity contribution in [3.63, 3.8) is 0 Å². The molecule has 2 heterocycles. The number of pyridine rings is 1. The standard InChI is InChI=1S/C12H16N4O/c1-3-9(13)7-10-15-12(16-17-10)11-8(2)5-4-6-14-11/h4-6,9H,3,7,13H2,1-2H3. The van der Waals surface area contributed by atoms with Crippen molar-refractivity contribution in [3.8, 4) is 11.5 Å². The van der Waals surface area contributed by atoms with Crippen molar-refractivity contribution in [3.05, 3.63) is 29.8 Å². The third kappa shape index (κ3) is 2.68. The number of hydrogen-bond acceptors (Lipinski definition) is 5. The van der Waals surface area contributed by atoms with E-state index in [0.717, 1.165) is 17.7 Å². The third-order valence-corrected chi connectivity index (χ3v) is 2.65. The molecule has 0 aliphatic rings. The van der Waals surface area contributed by atoms with Crippen LogP contribution in [0.15, 0.2) is 22.9 Å². The number of aromatic nitrogens is 3. The zero-order valence-electron chi connectivity index (χ0n) is 10.1. The number of nitrogens with zero attached hydrogens (tertiary/aromatic N) is 3. The molecule has 0 saturated carbocycles. The van der Waals surface area contributed by atoms with Crippen molar-refractivity contribution in [2.45, 2.75) is 32.7 Å². The van der Waals surface area contributed by atoms with Gasteiger partial charge >= 0.3 is 0 Å². The van der Waals surface area contributed by atoms with Crippen LogP contribution in [0, 0.1) is 6.92 Å². The molecule has 0 fully saturated rings. The molecule has 0 bridgehead atoms. The maximum Gasteiger partial charge on any atom is 0.228 e. The summed E-state index contributed by atoms with van der Waals surface area (Å²) in [5.41, 5.74) is 7.62. The molecule has 0 aromatic carbocycles. The summed E-state index contributed by atoms with van der Waals surface area (Å²) >= 11 is 0. The van der Waals surface area contributed by atoms with Gasteiger partial charge in [0.15, 0.2) is 0 Å². The van der Waals surface area contributed by atoms with E-state index in [-0.39, 0.29) is 6.04 Å². The molecular weight excluding hydrogens is 216 g/mol. The average molecular weight is 232 g/mol. The van der Waals surface area contributed by atoms with E-state index in [1.165, 1.54) is 0 Å². The Morgan fingerprint density at radius 3 is 3.00 bits per heavy atom. The van der Waals surface area contributed by atoms with Crippen LogP contribution in [-0.4, -0.2) is 21.2 Å². The number of hydrogen-bond donors (Lipinski definition) is 1. The van der Waals surface area contributed by atoms with Gasteiger partial charge in [0, 0.05) is 18.7 Å². The summed E-state index contributed by atoms with van der Waals surface area (Å²) in [4.78, 5) is 8.55. The van der Waals surface area contributed by atoms with Crippen LogP contribution >= 0.6 is 0 Å². The van der Waals surface area contributed by atoms with E-state index in [4.69, 9.17) is 10.3 Å². The van der Waals surface area contributed by atoms with Crippen LogP contribution in [-0.2, 0) is 6.42 Å². The van der Waals surface area contributed by atoms with Gasteiger partial charge in [-0.05, 0) is 25.0 Å². The predicted octanol–water partition coefficient (Wildman–Crippen LogP) is 1.72. The molecule has 0 aliphatic heterocycles. The summed E-state index contributed by atoms with van der Waals surface area (Å²) in [5, 5.41) is 3.93. The van der Waals surface area contributed by atoms with Crippen molar-refractivity contribution in [2.75, 3.05) is 0 Å². The minimum absolute atomic E-state index is 0.0631. The minimum atomic E-state index is 0.0631. The van der Waals surface area contributed by atoms with Crippen LogP contribution in [0.3, 0.4) is 0 Å². The Bertz CT molecular complexity index is 495. The summed E-state index contributed by atoms with van der Waals surface area (Å²) in [6.07, 6.45) is 3.21. The van der Waals surface area contributed by atoms with Gasteiger partial charge in [-0.1, -0.05) is 18.1 Å². The first-order valence-electron chi connectivity index (χ1n) is 5.71. The largest absolute Gasteiger partial charge is 0.339 e. The summed E-state index contributed by atoms with van der Waals surface area (Å²) in [5.74, 6) is 1.10. The Hall–Kier alpha value is -1.75. The molecule has 1 atom stereocenters. The Morgan fingerprint density at radius 2 is 2.29 bits per heavy atom. The first-order chi connectivity index (χ1) is 8.20. The van der Waals surface area contributed by atoms with Gasteiger partial charge in [-0.25, -0.2) is 0 Å².